The number of fused-ring (bicyclic) bond motifs is 1. The van der Waals surface area contributed by atoms with Crippen LogP contribution in [0.4, 0.5) is 10.2 Å². The molecule has 0 aliphatic carbocycles. The van der Waals surface area contributed by atoms with Gasteiger partial charge in [-0.05, 0) is 48.7 Å². The fourth-order valence-electron chi connectivity index (χ4n) is 3.49. The fourth-order valence-corrected chi connectivity index (χ4v) is 4.72. The van der Waals surface area contributed by atoms with E-state index in [1.165, 1.54) is 21.4 Å². The Morgan fingerprint density at radius 3 is 2.71 bits per heavy atom. The summed E-state index contributed by atoms with van der Waals surface area (Å²) in [7, 11) is 1.63. The quantitative estimate of drug-likeness (QED) is 0.286. The molecule has 0 unspecified atom stereocenters. The van der Waals surface area contributed by atoms with Gasteiger partial charge in [0.05, 0.1) is 17.0 Å². The van der Waals surface area contributed by atoms with Crippen LogP contribution in [0, 0.1) is 12.7 Å². The molecule has 3 heterocycles. The molecule has 4 rings (SSSR count). The molecule has 0 spiro atoms. The van der Waals surface area contributed by atoms with Gasteiger partial charge in [0.2, 0.25) is 0 Å². The van der Waals surface area contributed by atoms with Gasteiger partial charge in [-0.1, -0.05) is 42.2 Å². The Balaban J connectivity index is 1.69. The third kappa shape index (κ3) is 5.19. The average Bonchev–Trinajstić information content (AvgIpc) is 3.08. The summed E-state index contributed by atoms with van der Waals surface area (Å²) < 4.78 is 20.2. The van der Waals surface area contributed by atoms with E-state index in [1.54, 1.807) is 37.6 Å². The van der Waals surface area contributed by atoms with Crippen LogP contribution in [0.5, 0.6) is 0 Å². The lowest BCUT2D eigenvalue weighted by molar-refractivity contribution is -0.122. The highest BCUT2D eigenvalue weighted by Gasteiger charge is 2.32. The number of halogens is 1. The molecule has 1 amide bonds. The topological polar surface area (TPSA) is 75.9 Å². The molecular weight excluding hydrogens is 475 g/mol. The molecule has 1 aromatic carbocycles. The number of ether oxygens (including phenoxy) is 1. The van der Waals surface area contributed by atoms with Crippen molar-refractivity contribution in [3.8, 4) is 0 Å². The number of nitrogens with one attached hydrogen (secondary N) is 1. The minimum Gasteiger partial charge on any atom is -0.385 e. The predicted molar refractivity (Wildman–Crippen MR) is 136 cm³/mol. The number of thiocarbonyl (C=S) groups is 1. The van der Waals surface area contributed by atoms with E-state index in [-0.39, 0.29) is 29.4 Å². The van der Waals surface area contributed by atoms with Crippen molar-refractivity contribution < 1.29 is 13.9 Å². The molecule has 1 aliphatic heterocycles. The first-order valence-corrected chi connectivity index (χ1v) is 11.9. The van der Waals surface area contributed by atoms with Crippen LogP contribution in [-0.2, 0) is 16.1 Å². The van der Waals surface area contributed by atoms with Crippen molar-refractivity contribution in [2.24, 2.45) is 0 Å². The molecule has 10 heteroatoms. The summed E-state index contributed by atoms with van der Waals surface area (Å²) in [5.41, 5.74) is 2.16. The first-order valence-electron chi connectivity index (χ1n) is 10.6. The molecule has 1 aliphatic rings. The Morgan fingerprint density at radius 2 is 1.97 bits per heavy atom. The number of methoxy groups -OCH3 is 1. The zero-order valence-corrected chi connectivity index (χ0v) is 20.3. The van der Waals surface area contributed by atoms with Crippen LogP contribution in [-0.4, -0.2) is 44.8 Å². The summed E-state index contributed by atoms with van der Waals surface area (Å²) in [4.78, 5) is 32.9. The van der Waals surface area contributed by atoms with Crippen molar-refractivity contribution >= 4 is 51.7 Å². The van der Waals surface area contributed by atoms with Gasteiger partial charge in [0, 0.05) is 26.5 Å². The number of aryl methyl sites for hydroxylation is 1. The Labute approximate surface area is 205 Å². The van der Waals surface area contributed by atoms with Crippen molar-refractivity contribution in [1.29, 1.82) is 0 Å². The molecule has 2 aromatic heterocycles. The lowest BCUT2D eigenvalue weighted by Crippen LogP contribution is -2.27. The highest BCUT2D eigenvalue weighted by Crippen LogP contribution is 2.34. The van der Waals surface area contributed by atoms with Gasteiger partial charge < -0.3 is 10.1 Å². The van der Waals surface area contributed by atoms with Gasteiger partial charge >= 0.3 is 0 Å². The number of carbonyl (C=O) groups is 1. The smallest absolute Gasteiger partial charge is 0.267 e. The normalized spacial score (nSPS) is 15.0. The van der Waals surface area contributed by atoms with Crippen LogP contribution < -0.4 is 10.9 Å². The molecule has 176 valence electrons. The van der Waals surface area contributed by atoms with Crippen LogP contribution in [0.3, 0.4) is 0 Å². The van der Waals surface area contributed by atoms with E-state index in [0.717, 1.165) is 29.3 Å². The van der Waals surface area contributed by atoms with Gasteiger partial charge in [-0.15, -0.1) is 0 Å². The lowest BCUT2D eigenvalue weighted by atomic mass is 10.2. The molecule has 3 aromatic rings. The summed E-state index contributed by atoms with van der Waals surface area (Å²) in [6.07, 6.45) is 3.99. The van der Waals surface area contributed by atoms with E-state index in [0.29, 0.717) is 33.8 Å². The van der Waals surface area contributed by atoms with Crippen LogP contribution in [0.15, 0.2) is 52.3 Å². The maximum absolute atomic E-state index is 13.4. The van der Waals surface area contributed by atoms with Gasteiger partial charge in [0.25, 0.3) is 11.5 Å². The van der Waals surface area contributed by atoms with Crippen LogP contribution >= 0.6 is 24.0 Å². The van der Waals surface area contributed by atoms with Crippen molar-refractivity contribution in [1.82, 2.24) is 14.3 Å². The molecule has 1 saturated heterocycles. The lowest BCUT2D eigenvalue weighted by Gasteiger charge is -2.14. The Bertz CT molecular complexity index is 1340. The predicted octanol–water partition coefficient (Wildman–Crippen LogP) is 3.99. The van der Waals surface area contributed by atoms with E-state index in [2.05, 4.69) is 10.3 Å². The first kappa shape index (κ1) is 24.1. The molecule has 7 nitrogen and oxygen atoms in total. The zero-order valence-electron chi connectivity index (χ0n) is 18.7. The average molecular weight is 499 g/mol. The molecule has 0 atom stereocenters. The second-order valence-electron chi connectivity index (χ2n) is 7.78. The van der Waals surface area contributed by atoms with Crippen LogP contribution in [0.25, 0.3) is 11.7 Å². The monoisotopic (exact) mass is 498 g/mol. The second kappa shape index (κ2) is 10.5. The number of hydrogen-bond donors (Lipinski definition) is 1. The van der Waals surface area contributed by atoms with Gasteiger partial charge in [-0.25, -0.2) is 9.37 Å². The van der Waals surface area contributed by atoms with Crippen molar-refractivity contribution in [2.45, 2.75) is 19.9 Å². The number of rotatable bonds is 8. The van der Waals surface area contributed by atoms with E-state index in [1.807, 2.05) is 13.0 Å². The Morgan fingerprint density at radius 1 is 1.21 bits per heavy atom. The molecule has 0 bridgehead atoms. The number of anilines is 1. The Hall–Kier alpha value is -3.08. The number of nitrogens with zero attached hydrogens (tertiary/aromatic N) is 3. The number of pyridine rings is 1. The van der Waals surface area contributed by atoms with Crippen molar-refractivity contribution in [3.05, 3.63) is 80.4 Å². The van der Waals surface area contributed by atoms with Gasteiger partial charge in [-0.2, -0.15) is 0 Å². The third-order valence-electron chi connectivity index (χ3n) is 5.23. The number of thioether (sulfide) groups is 1. The van der Waals surface area contributed by atoms with Gasteiger partial charge in [-0.3, -0.25) is 18.9 Å². The SMILES string of the molecule is COCCCNc1nc2ccc(C)cn2c(=O)c1C=C1SC(=S)N(Cc2ccc(F)cc2)C1=O. The molecule has 0 saturated carbocycles. The Kier molecular flexibility index (Phi) is 7.40. The van der Waals surface area contributed by atoms with Gasteiger partial charge in [0.15, 0.2) is 0 Å². The van der Waals surface area contributed by atoms with Crippen molar-refractivity contribution in [2.75, 3.05) is 25.6 Å². The number of benzene rings is 1. The minimum atomic E-state index is -0.348. The fraction of sp³-hybridized carbons (Fsp3) is 0.250. The van der Waals surface area contributed by atoms with Crippen molar-refractivity contribution in [3.63, 3.8) is 0 Å². The summed E-state index contributed by atoms with van der Waals surface area (Å²) in [5, 5.41) is 3.20. The van der Waals surface area contributed by atoms with Gasteiger partial charge in [0.1, 0.15) is 21.6 Å². The second-order valence-corrected chi connectivity index (χ2v) is 9.46. The van der Waals surface area contributed by atoms with E-state index < -0.39 is 0 Å². The molecule has 1 N–H and O–H groups in total. The standard InChI is InChI=1S/C24H23FN4O3S2/c1-15-4-9-20-27-21(26-10-3-11-32-2)18(22(30)28(20)13-15)12-19-23(31)29(24(33)34-19)14-16-5-7-17(25)8-6-16/h4-9,12-13,26H,3,10-11,14H2,1-2H3. The summed E-state index contributed by atoms with van der Waals surface area (Å²) in [6, 6.07) is 9.57. The maximum Gasteiger partial charge on any atom is 0.267 e. The maximum atomic E-state index is 13.4. The number of carbonyl (C=O) groups excluding carboxylic acids is 1. The van der Waals surface area contributed by atoms with E-state index in [4.69, 9.17) is 17.0 Å². The zero-order chi connectivity index (χ0) is 24.2. The minimum absolute atomic E-state index is 0.221. The highest BCUT2D eigenvalue weighted by atomic mass is 32.2. The first-order chi connectivity index (χ1) is 16.4. The largest absolute Gasteiger partial charge is 0.385 e. The van der Waals surface area contributed by atoms with E-state index >= 15 is 0 Å². The summed E-state index contributed by atoms with van der Waals surface area (Å²) >= 11 is 6.55. The number of hydrogen-bond acceptors (Lipinski definition) is 7. The molecule has 34 heavy (non-hydrogen) atoms. The molecule has 0 radical (unpaired) electrons. The molecule has 1 fully saturated rings. The van der Waals surface area contributed by atoms with Crippen LogP contribution in [0.2, 0.25) is 0 Å². The summed E-state index contributed by atoms with van der Waals surface area (Å²) in [6.45, 7) is 3.23. The van der Waals surface area contributed by atoms with Crippen LogP contribution in [0.1, 0.15) is 23.1 Å². The number of aromatic nitrogens is 2. The van der Waals surface area contributed by atoms with E-state index in [9.17, 15) is 14.0 Å². The summed E-state index contributed by atoms with van der Waals surface area (Å²) in [5.74, 6) is -0.258. The third-order valence-corrected chi connectivity index (χ3v) is 6.60. The molecular formula is C24H23FN4O3S2. The number of amides is 1. The highest BCUT2D eigenvalue weighted by molar-refractivity contribution is 8.26.